The molecule has 2 N–H and O–H groups in total. The molecule has 0 atom stereocenters. The van der Waals surface area contributed by atoms with Gasteiger partial charge in [-0.2, -0.15) is 4.98 Å². The van der Waals surface area contributed by atoms with Crippen LogP contribution in [0.15, 0.2) is 40.8 Å². The van der Waals surface area contributed by atoms with E-state index in [-0.39, 0.29) is 11.8 Å². The van der Waals surface area contributed by atoms with Crippen molar-refractivity contribution in [3.05, 3.63) is 47.0 Å². The van der Waals surface area contributed by atoms with Gasteiger partial charge in [0, 0.05) is 31.7 Å². The maximum absolute atomic E-state index is 10.7. The van der Waals surface area contributed by atoms with Gasteiger partial charge in [-0.05, 0) is 49.6 Å². The third kappa shape index (κ3) is 5.39. The van der Waals surface area contributed by atoms with Gasteiger partial charge in [0.1, 0.15) is 17.0 Å². The molecule has 2 heterocycles. The average molecular weight is 446 g/mol. The highest BCUT2D eigenvalue weighted by Crippen LogP contribution is 2.28. The first-order valence-corrected chi connectivity index (χ1v) is 10.6. The summed E-state index contributed by atoms with van der Waals surface area (Å²) in [6, 6.07) is 11.4. The zero-order valence-corrected chi connectivity index (χ0v) is 17.9. The SMILES string of the molecule is CCOc1cc(CN2CCC(Nc3nc4ccc(OC(=O)O)cc4o3)CC2)ccc1Cl. The van der Waals surface area contributed by atoms with Crippen molar-refractivity contribution >= 4 is 34.9 Å². The number of aromatic nitrogens is 1. The summed E-state index contributed by atoms with van der Waals surface area (Å²) in [6.07, 6.45) is 0.549. The lowest BCUT2D eigenvalue weighted by atomic mass is 10.0. The molecular formula is C22H24ClN3O5. The van der Waals surface area contributed by atoms with E-state index in [9.17, 15) is 4.79 Å². The number of piperidine rings is 1. The molecule has 1 fully saturated rings. The van der Waals surface area contributed by atoms with E-state index >= 15 is 0 Å². The third-order valence-corrected chi connectivity index (χ3v) is 5.49. The van der Waals surface area contributed by atoms with Crippen LogP contribution in [0.3, 0.4) is 0 Å². The molecule has 1 aliphatic rings. The number of nitrogens with one attached hydrogen (secondary N) is 1. The molecule has 164 valence electrons. The highest BCUT2D eigenvalue weighted by Gasteiger charge is 2.21. The van der Waals surface area contributed by atoms with E-state index in [0.717, 1.165) is 38.2 Å². The van der Waals surface area contributed by atoms with Gasteiger partial charge < -0.3 is 24.3 Å². The number of rotatable bonds is 7. The summed E-state index contributed by atoms with van der Waals surface area (Å²) in [5, 5.41) is 12.7. The van der Waals surface area contributed by atoms with Crippen LogP contribution in [0.1, 0.15) is 25.3 Å². The molecule has 9 heteroatoms. The van der Waals surface area contributed by atoms with E-state index in [4.69, 9.17) is 25.9 Å². The lowest BCUT2D eigenvalue weighted by Crippen LogP contribution is -2.38. The monoisotopic (exact) mass is 445 g/mol. The number of oxazole rings is 1. The molecule has 3 aromatic rings. The Bertz CT molecular complexity index is 1060. The van der Waals surface area contributed by atoms with Crippen LogP contribution in [0.25, 0.3) is 11.1 Å². The molecule has 1 aromatic heterocycles. The molecule has 2 aromatic carbocycles. The van der Waals surface area contributed by atoms with Crippen molar-refractivity contribution in [2.24, 2.45) is 0 Å². The molecule has 1 aliphatic heterocycles. The Morgan fingerprint density at radius 3 is 2.84 bits per heavy atom. The van der Waals surface area contributed by atoms with Gasteiger partial charge in [-0.15, -0.1) is 0 Å². The molecule has 1 saturated heterocycles. The summed E-state index contributed by atoms with van der Waals surface area (Å²) in [7, 11) is 0. The molecule has 0 radical (unpaired) electrons. The van der Waals surface area contributed by atoms with Gasteiger partial charge in [0.05, 0.1) is 11.6 Å². The fraction of sp³-hybridized carbons (Fsp3) is 0.364. The van der Waals surface area contributed by atoms with Crippen LogP contribution in [0.2, 0.25) is 5.02 Å². The third-order valence-electron chi connectivity index (χ3n) is 5.18. The number of nitrogens with zero attached hydrogens (tertiary/aromatic N) is 2. The van der Waals surface area contributed by atoms with E-state index in [1.165, 1.54) is 11.6 Å². The van der Waals surface area contributed by atoms with E-state index < -0.39 is 6.16 Å². The first-order chi connectivity index (χ1) is 15.0. The first kappa shape index (κ1) is 21.3. The normalized spacial score (nSPS) is 15.2. The number of carbonyl (C=O) groups is 1. The largest absolute Gasteiger partial charge is 0.511 e. The first-order valence-electron chi connectivity index (χ1n) is 10.2. The van der Waals surface area contributed by atoms with Crippen molar-refractivity contribution in [1.82, 2.24) is 9.88 Å². The van der Waals surface area contributed by atoms with Crippen molar-refractivity contribution in [2.75, 3.05) is 25.0 Å². The lowest BCUT2D eigenvalue weighted by molar-refractivity contribution is 0.144. The summed E-state index contributed by atoms with van der Waals surface area (Å²) < 4.78 is 16.0. The summed E-state index contributed by atoms with van der Waals surface area (Å²) >= 11 is 6.18. The fourth-order valence-corrected chi connectivity index (χ4v) is 3.88. The highest BCUT2D eigenvalue weighted by atomic mass is 35.5. The maximum Gasteiger partial charge on any atom is 0.511 e. The van der Waals surface area contributed by atoms with Gasteiger partial charge in [-0.1, -0.05) is 17.7 Å². The van der Waals surface area contributed by atoms with Gasteiger partial charge in [-0.25, -0.2) is 4.79 Å². The Hall–Kier alpha value is -2.97. The average Bonchev–Trinajstić information content (AvgIpc) is 3.13. The lowest BCUT2D eigenvalue weighted by Gasteiger charge is -2.32. The summed E-state index contributed by atoms with van der Waals surface area (Å²) in [5.41, 5.74) is 2.30. The van der Waals surface area contributed by atoms with Crippen molar-refractivity contribution < 1.29 is 23.8 Å². The minimum absolute atomic E-state index is 0.200. The standard InChI is InChI=1S/C22H24ClN3O5/c1-2-29-19-11-14(3-5-17(19)23)13-26-9-7-15(8-10-26)24-21-25-18-6-4-16(30-22(27)28)12-20(18)31-21/h3-6,11-12,15H,2,7-10,13H2,1H3,(H,24,25)(H,27,28). The fourth-order valence-electron chi connectivity index (χ4n) is 3.71. The number of hydrogen-bond acceptors (Lipinski definition) is 7. The molecule has 0 unspecified atom stereocenters. The van der Waals surface area contributed by atoms with E-state index in [1.54, 1.807) is 12.1 Å². The second-order valence-electron chi connectivity index (χ2n) is 7.41. The Morgan fingerprint density at radius 2 is 2.10 bits per heavy atom. The predicted octanol–water partition coefficient (Wildman–Crippen LogP) is 5.01. The number of hydrogen-bond donors (Lipinski definition) is 2. The van der Waals surface area contributed by atoms with Gasteiger partial charge in [0.15, 0.2) is 5.58 Å². The minimum atomic E-state index is -1.36. The maximum atomic E-state index is 10.7. The molecule has 8 nitrogen and oxygen atoms in total. The van der Waals surface area contributed by atoms with Crippen LogP contribution in [-0.4, -0.2) is 46.9 Å². The second kappa shape index (κ2) is 9.45. The summed E-state index contributed by atoms with van der Waals surface area (Å²) in [4.78, 5) is 17.5. The van der Waals surface area contributed by atoms with Crippen molar-refractivity contribution in [3.8, 4) is 11.5 Å². The molecular weight excluding hydrogens is 422 g/mol. The Morgan fingerprint density at radius 1 is 1.29 bits per heavy atom. The number of carboxylic acid groups (broad SMARTS) is 1. The molecule has 0 aliphatic carbocycles. The molecule has 4 rings (SSSR count). The van der Waals surface area contributed by atoms with Gasteiger partial charge in [0.25, 0.3) is 6.01 Å². The molecule has 0 saturated carbocycles. The van der Waals surface area contributed by atoms with E-state index in [1.807, 2.05) is 25.1 Å². The molecule has 0 spiro atoms. The van der Waals surface area contributed by atoms with Crippen LogP contribution < -0.4 is 14.8 Å². The number of anilines is 1. The number of benzene rings is 2. The van der Waals surface area contributed by atoms with Crippen LogP contribution in [-0.2, 0) is 6.54 Å². The van der Waals surface area contributed by atoms with E-state index in [2.05, 4.69) is 19.9 Å². The molecule has 0 bridgehead atoms. The topological polar surface area (TPSA) is 97.1 Å². The van der Waals surface area contributed by atoms with Crippen molar-refractivity contribution in [1.29, 1.82) is 0 Å². The highest BCUT2D eigenvalue weighted by molar-refractivity contribution is 6.32. The Kier molecular flexibility index (Phi) is 6.48. The number of likely N-dealkylation sites (tertiary alicyclic amines) is 1. The number of fused-ring (bicyclic) bond motifs is 1. The zero-order chi connectivity index (χ0) is 21.8. The summed E-state index contributed by atoms with van der Waals surface area (Å²) in [5.74, 6) is 0.928. The van der Waals surface area contributed by atoms with Crippen LogP contribution in [0, 0.1) is 0 Å². The number of ether oxygens (including phenoxy) is 2. The van der Waals surface area contributed by atoms with Gasteiger partial charge >= 0.3 is 6.16 Å². The van der Waals surface area contributed by atoms with Crippen LogP contribution in [0.5, 0.6) is 11.5 Å². The Labute approximate surface area is 184 Å². The van der Waals surface area contributed by atoms with Crippen molar-refractivity contribution in [2.45, 2.75) is 32.4 Å². The number of halogens is 1. The van der Waals surface area contributed by atoms with Crippen LogP contribution >= 0.6 is 11.6 Å². The van der Waals surface area contributed by atoms with E-state index in [0.29, 0.717) is 28.7 Å². The second-order valence-corrected chi connectivity index (χ2v) is 7.82. The van der Waals surface area contributed by atoms with Crippen LogP contribution in [0.4, 0.5) is 10.8 Å². The predicted molar refractivity (Wildman–Crippen MR) is 117 cm³/mol. The van der Waals surface area contributed by atoms with Gasteiger partial charge in [-0.3, -0.25) is 4.90 Å². The minimum Gasteiger partial charge on any atom is -0.492 e. The summed E-state index contributed by atoms with van der Waals surface area (Å²) in [6.45, 7) is 5.27. The molecule has 31 heavy (non-hydrogen) atoms. The molecule has 0 amide bonds. The smallest absolute Gasteiger partial charge is 0.492 e. The zero-order valence-electron chi connectivity index (χ0n) is 17.1. The van der Waals surface area contributed by atoms with Crippen molar-refractivity contribution in [3.63, 3.8) is 0 Å². The van der Waals surface area contributed by atoms with Gasteiger partial charge in [0.2, 0.25) is 0 Å². The quantitative estimate of drug-likeness (QED) is 0.386. The Balaban J connectivity index is 1.32.